The first-order valence-electron chi connectivity index (χ1n) is 10.5. The number of hydrogen-bond acceptors (Lipinski definition) is 6. The van der Waals surface area contributed by atoms with Crippen LogP contribution in [0.2, 0.25) is 0 Å². The van der Waals surface area contributed by atoms with E-state index < -0.39 is 23.8 Å². The van der Waals surface area contributed by atoms with Gasteiger partial charge in [-0.25, -0.2) is 0 Å². The van der Waals surface area contributed by atoms with Gasteiger partial charge in [0.05, 0.1) is 11.1 Å². The maximum atomic E-state index is 13.2. The summed E-state index contributed by atoms with van der Waals surface area (Å²) >= 11 is 0. The standard InChI is InChI=1S/C23H22N4O4/c28-19-9-8-18(21(29)26-19)27-22(30)16-5-1-3-14(20(16)23(27)31)12-25-15-7-6-13-4-2-10-24-17(13)11-15/h1,3,5-7,11,18,24-25H,2,4,8-10,12H2,(H,26,28,29). The molecule has 4 amide bonds. The normalized spacial score (nSPS) is 20.1. The summed E-state index contributed by atoms with van der Waals surface area (Å²) in [6.07, 6.45) is 2.42. The third kappa shape index (κ3) is 3.34. The number of hydrogen-bond donors (Lipinski definition) is 3. The highest BCUT2D eigenvalue weighted by Crippen LogP contribution is 2.31. The second-order valence-corrected chi connectivity index (χ2v) is 8.04. The van der Waals surface area contributed by atoms with Gasteiger partial charge in [-0.15, -0.1) is 0 Å². The van der Waals surface area contributed by atoms with Crippen LogP contribution in [0.4, 0.5) is 11.4 Å². The minimum atomic E-state index is -0.961. The number of nitrogens with zero attached hydrogens (tertiary/aromatic N) is 1. The van der Waals surface area contributed by atoms with Gasteiger partial charge < -0.3 is 10.6 Å². The van der Waals surface area contributed by atoms with Crippen LogP contribution in [0.15, 0.2) is 36.4 Å². The van der Waals surface area contributed by atoms with Crippen LogP contribution in [0, 0.1) is 0 Å². The zero-order valence-corrected chi connectivity index (χ0v) is 16.9. The Labute approximate surface area is 179 Å². The quantitative estimate of drug-likeness (QED) is 0.656. The van der Waals surface area contributed by atoms with Crippen molar-refractivity contribution in [1.82, 2.24) is 10.2 Å². The molecule has 0 aliphatic carbocycles. The Morgan fingerprint density at radius 1 is 1.03 bits per heavy atom. The van der Waals surface area contributed by atoms with E-state index in [1.54, 1.807) is 12.1 Å². The van der Waals surface area contributed by atoms with Gasteiger partial charge in [-0.3, -0.25) is 29.4 Å². The van der Waals surface area contributed by atoms with E-state index in [0.717, 1.165) is 35.7 Å². The number of imide groups is 2. The predicted molar refractivity (Wildman–Crippen MR) is 114 cm³/mol. The highest BCUT2D eigenvalue weighted by atomic mass is 16.2. The van der Waals surface area contributed by atoms with Crippen molar-refractivity contribution in [3.8, 4) is 0 Å². The molecule has 3 aliphatic heterocycles. The van der Waals surface area contributed by atoms with Gasteiger partial charge in [-0.1, -0.05) is 18.2 Å². The van der Waals surface area contributed by atoms with Gasteiger partial charge in [0.1, 0.15) is 6.04 Å². The van der Waals surface area contributed by atoms with Crippen molar-refractivity contribution in [3.05, 3.63) is 58.7 Å². The Balaban J connectivity index is 1.38. The summed E-state index contributed by atoms with van der Waals surface area (Å²) < 4.78 is 0. The van der Waals surface area contributed by atoms with Crippen molar-refractivity contribution in [1.29, 1.82) is 0 Å². The maximum absolute atomic E-state index is 13.2. The summed E-state index contributed by atoms with van der Waals surface area (Å²) in [6, 6.07) is 10.4. The summed E-state index contributed by atoms with van der Waals surface area (Å²) in [5.74, 6) is -1.97. The van der Waals surface area contributed by atoms with Gasteiger partial charge in [0.25, 0.3) is 11.8 Å². The van der Waals surface area contributed by atoms with Crippen LogP contribution in [0.5, 0.6) is 0 Å². The van der Waals surface area contributed by atoms with Crippen LogP contribution in [-0.2, 0) is 22.6 Å². The van der Waals surface area contributed by atoms with E-state index in [1.165, 1.54) is 5.56 Å². The van der Waals surface area contributed by atoms with E-state index in [1.807, 2.05) is 12.1 Å². The molecule has 2 aromatic rings. The Bertz CT molecular complexity index is 1130. The molecule has 158 valence electrons. The number of anilines is 2. The largest absolute Gasteiger partial charge is 0.385 e. The van der Waals surface area contributed by atoms with Crippen LogP contribution in [0.25, 0.3) is 0 Å². The number of piperidine rings is 1. The topological polar surface area (TPSA) is 108 Å². The van der Waals surface area contributed by atoms with Crippen molar-refractivity contribution >= 4 is 35.0 Å². The minimum absolute atomic E-state index is 0.102. The summed E-state index contributed by atoms with van der Waals surface area (Å²) in [6.45, 7) is 1.32. The molecule has 3 aliphatic rings. The summed E-state index contributed by atoms with van der Waals surface area (Å²) in [7, 11) is 0. The molecule has 0 saturated carbocycles. The average molecular weight is 418 g/mol. The van der Waals surface area contributed by atoms with E-state index in [2.05, 4.69) is 28.1 Å². The third-order valence-electron chi connectivity index (χ3n) is 6.09. The molecule has 0 spiro atoms. The lowest BCUT2D eigenvalue weighted by atomic mass is 10.0. The number of aryl methyl sites for hydroxylation is 1. The number of benzene rings is 2. The lowest BCUT2D eigenvalue weighted by Gasteiger charge is -2.27. The van der Waals surface area contributed by atoms with Crippen LogP contribution in [-0.4, -0.2) is 41.1 Å². The SMILES string of the molecule is O=C1CCC(N2C(=O)c3cccc(CNc4ccc5c(c4)NCCC5)c3C2=O)C(=O)N1. The molecule has 8 heteroatoms. The molecule has 1 unspecified atom stereocenters. The fourth-order valence-corrected chi connectivity index (χ4v) is 4.50. The molecule has 8 nitrogen and oxygen atoms in total. The smallest absolute Gasteiger partial charge is 0.262 e. The lowest BCUT2D eigenvalue weighted by Crippen LogP contribution is -2.54. The molecule has 3 heterocycles. The van der Waals surface area contributed by atoms with E-state index in [0.29, 0.717) is 23.2 Å². The fraction of sp³-hybridized carbons (Fsp3) is 0.304. The van der Waals surface area contributed by atoms with Gasteiger partial charge in [0, 0.05) is 30.9 Å². The molecule has 1 saturated heterocycles. The van der Waals surface area contributed by atoms with E-state index >= 15 is 0 Å². The third-order valence-corrected chi connectivity index (χ3v) is 6.09. The van der Waals surface area contributed by atoms with Gasteiger partial charge >= 0.3 is 0 Å². The molecular weight excluding hydrogens is 396 g/mol. The predicted octanol–water partition coefficient (Wildman–Crippen LogP) is 2.06. The van der Waals surface area contributed by atoms with Crippen molar-refractivity contribution in [3.63, 3.8) is 0 Å². The molecule has 31 heavy (non-hydrogen) atoms. The molecule has 5 rings (SSSR count). The molecule has 1 atom stereocenters. The molecule has 0 bridgehead atoms. The Morgan fingerprint density at radius 2 is 1.90 bits per heavy atom. The lowest BCUT2D eigenvalue weighted by molar-refractivity contribution is -0.136. The van der Waals surface area contributed by atoms with Gasteiger partial charge in [-0.05, 0) is 48.6 Å². The Morgan fingerprint density at radius 3 is 2.74 bits per heavy atom. The zero-order valence-electron chi connectivity index (χ0n) is 16.9. The van der Waals surface area contributed by atoms with E-state index in [9.17, 15) is 19.2 Å². The number of carbonyl (C=O) groups excluding carboxylic acids is 4. The fourth-order valence-electron chi connectivity index (χ4n) is 4.50. The molecule has 2 aromatic carbocycles. The average Bonchev–Trinajstić information content (AvgIpc) is 3.03. The van der Waals surface area contributed by atoms with Crippen LogP contribution in [0.3, 0.4) is 0 Å². The van der Waals surface area contributed by atoms with Gasteiger partial charge in [0.2, 0.25) is 11.8 Å². The second kappa shape index (κ2) is 7.54. The minimum Gasteiger partial charge on any atom is -0.385 e. The molecule has 0 radical (unpaired) electrons. The Hall–Kier alpha value is -3.68. The Kier molecular flexibility index (Phi) is 4.69. The first-order chi connectivity index (χ1) is 15.0. The number of fused-ring (bicyclic) bond motifs is 2. The summed E-state index contributed by atoms with van der Waals surface area (Å²) in [5.41, 5.74) is 4.63. The molecular formula is C23H22N4O4. The summed E-state index contributed by atoms with van der Waals surface area (Å²) in [4.78, 5) is 50.8. The van der Waals surface area contributed by atoms with E-state index in [4.69, 9.17) is 0 Å². The number of amides is 4. The molecule has 0 aromatic heterocycles. The monoisotopic (exact) mass is 418 g/mol. The van der Waals surface area contributed by atoms with Crippen molar-refractivity contribution in [2.75, 3.05) is 17.2 Å². The highest BCUT2D eigenvalue weighted by Gasteiger charge is 2.45. The first kappa shape index (κ1) is 19.3. The number of carbonyl (C=O) groups is 4. The van der Waals surface area contributed by atoms with Gasteiger partial charge in [0.15, 0.2) is 0 Å². The highest BCUT2D eigenvalue weighted by molar-refractivity contribution is 6.24. The summed E-state index contributed by atoms with van der Waals surface area (Å²) in [5, 5.41) is 8.96. The van der Waals surface area contributed by atoms with E-state index in [-0.39, 0.29) is 18.7 Å². The maximum Gasteiger partial charge on any atom is 0.262 e. The molecule has 1 fully saturated rings. The van der Waals surface area contributed by atoms with Crippen molar-refractivity contribution in [2.24, 2.45) is 0 Å². The molecule has 3 N–H and O–H groups in total. The second-order valence-electron chi connectivity index (χ2n) is 8.04. The van der Waals surface area contributed by atoms with Crippen molar-refractivity contribution in [2.45, 2.75) is 38.3 Å². The van der Waals surface area contributed by atoms with Crippen LogP contribution in [0.1, 0.15) is 51.1 Å². The van der Waals surface area contributed by atoms with Gasteiger partial charge in [-0.2, -0.15) is 0 Å². The van der Waals surface area contributed by atoms with Crippen molar-refractivity contribution < 1.29 is 19.2 Å². The number of nitrogens with one attached hydrogen (secondary N) is 3. The van der Waals surface area contributed by atoms with Crippen LogP contribution >= 0.6 is 0 Å². The number of rotatable bonds is 4. The van der Waals surface area contributed by atoms with Crippen LogP contribution < -0.4 is 16.0 Å². The zero-order chi connectivity index (χ0) is 21.5. The first-order valence-corrected chi connectivity index (χ1v) is 10.5.